The molecule has 16 heavy (non-hydrogen) atoms. The summed E-state index contributed by atoms with van der Waals surface area (Å²) in [5.41, 5.74) is 2.29. The Morgan fingerprint density at radius 1 is 1.50 bits per heavy atom. The number of hydrogen-bond acceptors (Lipinski definition) is 3. The van der Waals surface area contributed by atoms with Gasteiger partial charge in [0.25, 0.3) is 0 Å². The fourth-order valence-electron chi connectivity index (χ4n) is 1.81. The number of carbonyl (C=O) groups excluding carboxylic acids is 2. The van der Waals surface area contributed by atoms with Crippen LogP contribution < -0.4 is 5.32 Å². The number of rotatable bonds is 1. The number of benzene rings is 1. The SMILES string of the molecule is COC(=O)c1ccc2c(c1)CC(C)C(=O)N2. The van der Waals surface area contributed by atoms with Crippen molar-refractivity contribution in [2.75, 3.05) is 12.4 Å². The summed E-state index contributed by atoms with van der Waals surface area (Å²) < 4.78 is 4.65. The van der Waals surface area contributed by atoms with Gasteiger partial charge in [-0.3, -0.25) is 4.79 Å². The number of nitrogens with one attached hydrogen (secondary N) is 1. The van der Waals surface area contributed by atoms with Crippen LogP contribution in [0.5, 0.6) is 0 Å². The molecule has 0 radical (unpaired) electrons. The van der Waals surface area contributed by atoms with E-state index in [1.807, 2.05) is 6.92 Å². The Bertz CT molecular complexity index is 454. The molecular weight excluding hydrogens is 206 g/mol. The summed E-state index contributed by atoms with van der Waals surface area (Å²) in [6.07, 6.45) is 0.659. The fourth-order valence-corrected chi connectivity index (χ4v) is 1.81. The molecule has 0 fully saturated rings. The molecule has 1 unspecified atom stereocenters. The van der Waals surface area contributed by atoms with E-state index >= 15 is 0 Å². The maximum absolute atomic E-state index is 11.4. The number of anilines is 1. The first-order chi connectivity index (χ1) is 7.61. The highest BCUT2D eigenvalue weighted by Crippen LogP contribution is 2.26. The topological polar surface area (TPSA) is 55.4 Å². The lowest BCUT2D eigenvalue weighted by molar-refractivity contribution is -0.119. The molecule has 1 atom stereocenters. The van der Waals surface area contributed by atoms with Gasteiger partial charge in [0.15, 0.2) is 0 Å². The van der Waals surface area contributed by atoms with Crippen LogP contribution in [0.25, 0.3) is 0 Å². The van der Waals surface area contributed by atoms with E-state index < -0.39 is 0 Å². The van der Waals surface area contributed by atoms with Crippen molar-refractivity contribution < 1.29 is 14.3 Å². The predicted octanol–water partition coefficient (Wildman–Crippen LogP) is 1.60. The molecule has 0 bridgehead atoms. The zero-order valence-electron chi connectivity index (χ0n) is 9.24. The van der Waals surface area contributed by atoms with Crippen molar-refractivity contribution in [1.82, 2.24) is 0 Å². The lowest BCUT2D eigenvalue weighted by atomic mass is 9.93. The molecule has 0 saturated carbocycles. The quantitative estimate of drug-likeness (QED) is 0.730. The Morgan fingerprint density at radius 3 is 2.94 bits per heavy atom. The third kappa shape index (κ3) is 1.78. The molecule has 0 spiro atoms. The lowest BCUT2D eigenvalue weighted by Gasteiger charge is -2.22. The highest BCUT2D eigenvalue weighted by atomic mass is 16.5. The van der Waals surface area contributed by atoms with Gasteiger partial charge in [0.05, 0.1) is 12.7 Å². The minimum atomic E-state index is -0.354. The maximum atomic E-state index is 11.4. The summed E-state index contributed by atoms with van der Waals surface area (Å²) in [6, 6.07) is 5.17. The highest BCUT2D eigenvalue weighted by molar-refractivity contribution is 5.97. The van der Waals surface area contributed by atoms with Crippen LogP contribution in [-0.4, -0.2) is 19.0 Å². The zero-order chi connectivity index (χ0) is 11.7. The van der Waals surface area contributed by atoms with Crippen LogP contribution in [-0.2, 0) is 16.0 Å². The molecule has 4 heteroatoms. The molecule has 84 valence electrons. The summed E-state index contributed by atoms with van der Waals surface area (Å²) in [4.78, 5) is 22.8. The second-order valence-corrected chi connectivity index (χ2v) is 3.96. The number of esters is 1. The minimum absolute atomic E-state index is 0.0262. The largest absolute Gasteiger partial charge is 0.465 e. The van der Waals surface area contributed by atoms with Crippen LogP contribution in [0.1, 0.15) is 22.8 Å². The van der Waals surface area contributed by atoms with Crippen LogP contribution in [0.2, 0.25) is 0 Å². The average Bonchev–Trinajstić information content (AvgIpc) is 2.29. The van der Waals surface area contributed by atoms with Gasteiger partial charge in [0, 0.05) is 11.6 Å². The van der Waals surface area contributed by atoms with E-state index in [2.05, 4.69) is 10.1 Å². The smallest absolute Gasteiger partial charge is 0.337 e. The number of fused-ring (bicyclic) bond motifs is 1. The van der Waals surface area contributed by atoms with Crippen molar-refractivity contribution >= 4 is 17.6 Å². The number of hydrogen-bond donors (Lipinski definition) is 1. The Hall–Kier alpha value is -1.84. The monoisotopic (exact) mass is 219 g/mol. The zero-order valence-corrected chi connectivity index (χ0v) is 9.24. The van der Waals surface area contributed by atoms with Gasteiger partial charge in [-0.25, -0.2) is 4.79 Å². The standard InChI is InChI=1S/C12H13NO3/c1-7-5-9-6-8(12(15)16-2)3-4-10(9)13-11(7)14/h3-4,6-7H,5H2,1-2H3,(H,13,14). The molecule has 0 aromatic heterocycles. The Labute approximate surface area is 93.6 Å². The van der Waals surface area contributed by atoms with E-state index in [1.54, 1.807) is 18.2 Å². The van der Waals surface area contributed by atoms with Crippen LogP contribution in [0.15, 0.2) is 18.2 Å². The highest BCUT2D eigenvalue weighted by Gasteiger charge is 2.22. The molecule has 1 amide bonds. The first-order valence-electron chi connectivity index (χ1n) is 5.14. The van der Waals surface area contributed by atoms with Crippen molar-refractivity contribution in [3.63, 3.8) is 0 Å². The normalized spacial score (nSPS) is 18.6. The van der Waals surface area contributed by atoms with Crippen molar-refractivity contribution in [1.29, 1.82) is 0 Å². The Morgan fingerprint density at radius 2 is 2.25 bits per heavy atom. The predicted molar refractivity (Wildman–Crippen MR) is 59.3 cm³/mol. The number of amides is 1. The summed E-state index contributed by atoms with van der Waals surface area (Å²) in [5, 5.41) is 2.80. The van der Waals surface area contributed by atoms with Gasteiger partial charge in [0.2, 0.25) is 5.91 Å². The van der Waals surface area contributed by atoms with Gasteiger partial charge in [-0.2, -0.15) is 0 Å². The van der Waals surface area contributed by atoms with Gasteiger partial charge in [-0.1, -0.05) is 6.92 Å². The first kappa shape index (κ1) is 10.7. The van der Waals surface area contributed by atoms with E-state index in [0.29, 0.717) is 12.0 Å². The molecule has 0 saturated heterocycles. The molecular formula is C12H13NO3. The van der Waals surface area contributed by atoms with Crippen molar-refractivity contribution in [2.24, 2.45) is 5.92 Å². The minimum Gasteiger partial charge on any atom is -0.465 e. The van der Waals surface area contributed by atoms with Crippen molar-refractivity contribution in [3.8, 4) is 0 Å². The van der Waals surface area contributed by atoms with Crippen molar-refractivity contribution in [2.45, 2.75) is 13.3 Å². The van der Waals surface area contributed by atoms with E-state index in [1.165, 1.54) is 7.11 Å². The van der Waals surface area contributed by atoms with Gasteiger partial charge in [-0.15, -0.1) is 0 Å². The number of carbonyl (C=O) groups is 2. The summed E-state index contributed by atoms with van der Waals surface area (Å²) in [5.74, 6) is -0.383. The lowest BCUT2D eigenvalue weighted by Crippen LogP contribution is -2.27. The molecule has 1 aromatic rings. The van der Waals surface area contributed by atoms with Gasteiger partial charge < -0.3 is 10.1 Å². The first-order valence-corrected chi connectivity index (χ1v) is 5.14. The van der Waals surface area contributed by atoms with Crippen molar-refractivity contribution in [3.05, 3.63) is 29.3 Å². The van der Waals surface area contributed by atoms with Crippen LogP contribution in [0.3, 0.4) is 0 Å². The molecule has 1 aliphatic heterocycles. The Kier molecular flexibility index (Phi) is 2.64. The fraction of sp³-hybridized carbons (Fsp3) is 0.333. The summed E-state index contributed by atoms with van der Waals surface area (Å²) in [7, 11) is 1.35. The van der Waals surface area contributed by atoms with Crippen LogP contribution in [0.4, 0.5) is 5.69 Å². The van der Waals surface area contributed by atoms with Gasteiger partial charge in [-0.05, 0) is 30.2 Å². The van der Waals surface area contributed by atoms with E-state index in [-0.39, 0.29) is 17.8 Å². The molecule has 1 aromatic carbocycles. The molecule has 1 aliphatic rings. The van der Waals surface area contributed by atoms with E-state index in [4.69, 9.17) is 0 Å². The molecule has 1 heterocycles. The van der Waals surface area contributed by atoms with Crippen LogP contribution in [0, 0.1) is 5.92 Å². The van der Waals surface area contributed by atoms with Crippen LogP contribution >= 0.6 is 0 Å². The second-order valence-electron chi connectivity index (χ2n) is 3.96. The third-order valence-electron chi connectivity index (χ3n) is 2.76. The summed E-state index contributed by atoms with van der Waals surface area (Å²) in [6.45, 7) is 1.86. The second kappa shape index (κ2) is 3.96. The molecule has 4 nitrogen and oxygen atoms in total. The average molecular weight is 219 g/mol. The maximum Gasteiger partial charge on any atom is 0.337 e. The summed E-state index contributed by atoms with van der Waals surface area (Å²) >= 11 is 0. The molecule has 2 rings (SSSR count). The number of methoxy groups -OCH3 is 1. The number of ether oxygens (including phenoxy) is 1. The third-order valence-corrected chi connectivity index (χ3v) is 2.76. The van der Waals surface area contributed by atoms with E-state index in [9.17, 15) is 9.59 Å². The van der Waals surface area contributed by atoms with E-state index in [0.717, 1.165) is 11.3 Å². The molecule has 0 aliphatic carbocycles. The van der Waals surface area contributed by atoms with Gasteiger partial charge in [0.1, 0.15) is 0 Å². The Balaban J connectivity index is 2.36. The molecule has 1 N–H and O–H groups in total. The van der Waals surface area contributed by atoms with Gasteiger partial charge >= 0.3 is 5.97 Å².